The van der Waals surface area contributed by atoms with Crippen LogP contribution in [0.5, 0.6) is 0 Å². The molecule has 8 atom stereocenters. The maximum atomic E-state index is 3.94. The molecule has 4 rings (SSSR count). The van der Waals surface area contributed by atoms with Gasteiger partial charge in [0.1, 0.15) is 0 Å². The summed E-state index contributed by atoms with van der Waals surface area (Å²) >= 11 is 0. The van der Waals surface area contributed by atoms with Crippen molar-refractivity contribution in [2.45, 2.75) is 47.0 Å². The number of rotatable bonds is 4. The van der Waals surface area contributed by atoms with E-state index in [0.717, 1.165) is 35.5 Å². The lowest BCUT2D eigenvalue weighted by Crippen LogP contribution is -2.11. The molecule has 148 valence electrons. The van der Waals surface area contributed by atoms with Gasteiger partial charge in [0.15, 0.2) is 0 Å². The van der Waals surface area contributed by atoms with Crippen molar-refractivity contribution in [3.8, 4) is 0 Å². The lowest BCUT2D eigenvalue weighted by atomic mass is 9.86. The van der Waals surface area contributed by atoms with Gasteiger partial charge in [-0.2, -0.15) is 0 Å². The molecule has 0 heterocycles. The van der Waals surface area contributed by atoms with E-state index >= 15 is 0 Å². The molecule has 0 heteroatoms. The van der Waals surface area contributed by atoms with Crippen LogP contribution < -0.4 is 0 Å². The topological polar surface area (TPSA) is 0 Å². The molecule has 0 saturated heterocycles. The van der Waals surface area contributed by atoms with Crippen LogP contribution in [0.3, 0.4) is 0 Å². The zero-order valence-electron chi connectivity index (χ0n) is 16.7. The molecule has 0 N–H and O–H groups in total. The number of hydrogen-bond donors (Lipinski definition) is 0. The first-order valence-corrected chi connectivity index (χ1v) is 10.4. The van der Waals surface area contributed by atoms with Gasteiger partial charge in [-0.05, 0) is 86.9 Å². The van der Waals surface area contributed by atoms with E-state index in [-0.39, 0.29) is 7.43 Å². The van der Waals surface area contributed by atoms with Gasteiger partial charge in [0, 0.05) is 0 Å². The minimum Gasteiger partial charge on any atom is -0.103 e. The summed E-state index contributed by atoms with van der Waals surface area (Å²) in [4.78, 5) is 0. The molecule has 0 amide bonds. The van der Waals surface area contributed by atoms with Crippen LogP contribution in [-0.2, 0) is 0 Å². The van der Waals surface area contributed by atoms with Crippen LogP contribution in [0, 0.1) is 47.3 Å². The van der Waals surface area contributed by atoms with Crippen LogP contribution in [0.4, 0.5) is 0 Å². The van der Waals surface area contributed by atoms with Crippen LogP contribution in [0.25, 0.3) is 0 Å². The van der Waals surface area contributed by atoms with Crippen molar-refractivity contribution in [1.82, 2.24) is 0 Å². The van der Waals surface area contributed by atoms with Gasteiger partial charge in [-0.15, -0.1) is 26.3 Å². The van der Waals surface area contributed by atoms with E-state index in [9.17, 15) is 0 Å². The fourth-order valence-corrected chi connectivity index (χ4v) is 6.26. The van der Waals surface area contributed by atoms with Crippen LogP contribution in [0.2, 0.25) is 0 Å². The van der Waals surface area contributed by atoms with E-state index in [1.54, 1.807) is 11.1 Å². The predicted octanol–water partition coefficient (Wildman–Crippen LogP) is 7.79. The summed E-state index contributed by atoms with van der Waals surface area (Å²) in [7, 11) is 0. The van der Waals surface area contributed by atoms with Crippen LogP contribution in [0.15, 0.2) is 73.9 Å². The summed E-state index contributed by atoms with van der Waals surface area (Å²) in [6.07, 6.45) is 18.5. The molecule has 0 aromatic rings. The fraction of sp³-hybridized carbons (Fsp3) is 0.556. The molecular formula is C27H40. The standard InChI is InChI=1S/2C13H18.CH4/c1-4-10-8-11(5-2)13-7-9(3)6-12(10)13;1-4-10-8-11(5-2)13-9(3)6-7-12(10)13;/h2*4-6,10-13H,1-2,7-8H2,3H3;1H4. The highest BCUT2D eigenvalue weighted by Crippen LogP contribution is 2.52. The highest BCUT2D eigenvalue weighted by molar-refractivity contribution is 5.22. The SMILES string of the molecule is C.C=CC1CC(C=C)C2C(C)=CCC12.C=CC1CC(C=C)C2CC(C)=CC12. The van der Waals surface area contributed by atoms with E-state index < -0.39 is 0 Å². The highest BCUT2D eigenvalue weighted by Gasteiger charge is 2.43. The minimum absolute atomic E-state index is 0. The van der Waals surface area contributed by atoms with Crippen LogP contribution >= 0.6 is 0 Å². The zero-order valence-corrected chi connectivity index (χ0v) is 16.7. The molecule has 0 aliphatic heterocycles. The quantitative estimate of drug-likeness (QED) is 0.446. The summed E-state index contributed by atoms with van der Waals surface area (Å²) in [6.45, 7) is 20.3. The molecule has 0 spiro atoms. The molecular weight excluding hydrogens is 324 g/mol. The molecule has 0 aromatic carbocycles. The summed E-state index contributed by atoms with van der Waals surface area (Å²) in [6, 6.07) is 0. The lowest BCUT2D eigenvalue weighted by molar-refractivity contribution is 0.402. The summed E-state index contributed by atoms with van der Waals surface area (Å²) in [5, 5.41) is 0. The number of allylic oxidation sites excluding steroid dienone is 8. The van der Waals surface area contributed by atoms with Gasteiger partial charge in [0.2, 0.25) is 0 Å². The Morgan fingerprint density at radius 3 is 1.96 bits per heavy atom. The van der Waals surface area contributed by atoms with E-state index in [1.165, 1.54) is 25.7 Å². The Kier molecular flexibility index (Phi) is 7.32. The fourth-order valence-electron chi connectivity index (χ4n) is 6.26. The van der Waals surface area contributed by atoms with E-state index in [4.69, 9.17) is 0 Å². The van der Waals surface area contributed by atoms with Crippen molar-refractivity contribution in [2.75, 3.05) is 0 Å². The molecule has 2 saturated carbocycles. The van der Waals surface area contributed by atoms with Crippen LogP contribution in [-0.4, -0.2) is 0 Å². The second kappa shape index (κ2) is 9.09. The van der Waals surface area contributed by atoms with Gasteiger partial charge < -0.3 is 0 Å². The van der Waals surface area contributed by atoms with Gasteiger partial charge >= 0.3 is 0 Å². The van der Waals surface area contributed by atoms with Gasteiger partial charge in [-0.25, -0.2) is 0 Å². The maximum Gasteiger partial charge on any atom is -0.0106 e. The Morgan fingerprint density at radius 1 is 0.815 bits per heavy atom. The van der Waals surface area contributed by atoms with Crippen molar-refractivity contribution < 1.29 is 0 Å². The molecule has 0 nitrogen and oxygen atoms in total. The highest BCUT2D eigenvalue weighted by atomic mass is 14.5. The first-order chi connectivity index (χ1) is 12.5. The average molecular weight is 365 g/mol. The second-order valence-corrected chi connectivity index (χ2v) is 8.90. The molecule has 0 aromatic heterocycles. The molecule has 4 aliphatic rings. The summed E-state index contributed by atoms with van der Waals surface area (Å²) in [5.41, 5.74) is 3.15. The van der Waals surface area contributed by atoms with Crippen molar-refractivity contribution in [3.05, 3.63) is 73.9 Å². The third-order valence-electron chi connectivity index (χ3n) is 7.58. The number of fused-ring (bicyclic) bond motifs is 2. The summed E-state index contributed by atoms with van der Waals surface area (Å²) in [5.74, 6) is 6.06. The average Bonchev–Trinajstić information content (AvgIpc) is 3.36. The van der Waals surface area contributed by atoms with Gasteiger partial charge in [-0.1, -0.05) is 55.0 Å². The van der Waals surface area contributed by atoms with Crippen molar-refractivity contribution >= 4 is 0 Å². The summed E-state index contributed by atoms with van der Waals surface area (Å²) < 4.78 is 0. The largest absolute Gasteiger partial charge is 0.103 e. The predicted molar refractivity (Wildman–Crippen MR) is 121 cm³/mol. The minimum atomic E-state index is 0. The van der Waals surface area contributed by atoms with Gasteiger partial charge in [0.05, 0.1) is 0 Å². The molecule has 8 unspecified atom stereocenters. The normalized spacial score (nSPS) is 41.1. The Morgan fingerprint density at radius 2 is 1.37 bits per heavy atom. The first-order valence-electron chi connectivity index (χ1n) is 10.4. The first kappa shape index (κ1) is 21.7. The monoisotopic (exact) mass is 364 g/mol. The lowest BCUT2D eigenvalue weighted by Gasteiger charge is -2.18. The maximum absolute atomic E-state index is 3.94. The third kappa shape index (κ3) is 4.00. The van der Waals surface area contributed by atoms with Crippen molar-refractivity contribution in [1.29, 1.82) is 0 Å². The Balaban J connectivity index is 0.000000187. The Bertz CT molecular complexity index is 622. The van der Waals surface area contributed by atoms with Crippen molar-refractivity contribution in [2.24, 2.45) is 47.3 Å². The molecule has 27 heavy (non-hydrogen) atoms. The van der Waals surface area contributed by atoms with E-state index in [1.807, 2.05) is 0 Å². The van der Waals surface area contributed by atoms with Crippen molar-refractivity contribution in [3.63, 3.8) is 0 Å². The van der Waals surface area contributed by atoms with E-state index in [0.29, 0.717) is 11.8 Å². The van der Waals surface area contributed by atoms with Gasteiger partial charge in [0.25, 0.3) is 0 Å². The zero-order chi connectivity index (χ0) is 18.8. The molecule has 2 fully saturated rings. The smallest absolute Gasteiger partial charge is 0.0106 e. The number of hydrogen-bond acceptors (Lipinski definition) is 0. The molecule has 0 radical (unpaired) electrons. The Labute approximate surface area is 168 Å². The third-order valence-corrected chi connectivity index (χ3v) is 7.58. The van der Waals surface area contributed by atoms with Crippen LogP contribution in [0.1, 0.15) is 47.0 Å². The molecule has 4 aliphatic carbocycles. The van der Waals surface area contributed by atoms with E-state index in [2.05, 4.69) is 76.6 Å². The van der Waals surface area contributed by atoms with Gasteiger partial charge in [-0.3, -0.25) is 0 Å². The second-order valence-electron chi connectivity index (χ2n) is 8.90. The molecule has 0 bridgehead atoms. The Hall–Kier alpha value is -1.56.